The fourth-order valence-electron chi connectivity index (χ4n) is 4.21. The minimum Gasteiger partial charge on any atom is -0.467 e. The van der Waals surface area contributed by atoms with Gasteiger partial charge in [-0.2, -0.15) is 0 Å². The van der Waals surface area contributed by atoms with Gasteiger partial charge in [0.1, 0.15) is 18.9 Å². The van der Waals surface area contributed by atoms with Gasteiger partial charge in [0.05, 0.1) is 23.4 Å². The van der Waals surface area contributed by atoms with Crippen molar-refractivity contribution in [3.8, 4) is 5.75 Å². The number of esters is 1. The van der Waals surface area contributed by atoms with Crippen molar-refractivity contribution in [2.75, 3.05) is 13.3 Å². The summed E-state index contributed by atoms with van der Waals surface area (Å²) in [5.41, 5.74) is 0.655. The zero-order valence-electron chi connectivity index (χ0n) is 15.6. The molecule has 1 aliphatic carbocycles. The maximum atomic E-state index is 12.5. The zero-order valence-corrected chi connectivity index (χ0v) is 15.6. The van der Waals surface area contributed by atoms with Gasteiger partial charge in [-0.3, -0.25) is 29.4 Å². The first-order chi connectivity index (χ1) is 14.0. The van der Waals surface area contributed by atoms with Crippen molar-refractivity contribution in [3.05, 3.63) is 33.4 Å². The molecule has 4 rings (SSSR count). The number of nitro benzene ring substituents is 1. The number of nitrogens with zero attached hydrogens (tertiary/aromatic N) is 2. The number of ether oxygens (including phenoxy) is 3. The molecule has 1 saturated carbocycles. The number of imide groups is 1. The third-order valence-electron chi connectivity index (χ3n) is 5.59. The second-order valence-corrected chi connectivity index (χ2v) is 7.38. The second kappa shape index (κ2) is 7.78. The van der Waals surface area contributed by atoms with E-state index in [0.717, 1.165) is 17.7 Å². The number of amides is 2. The number of nitro groups is 1. The molecule has 0 unspecified atom stereocenters. The lowest BCUT2D eigenvalue weighted by Crippen LogP contribution is -2.36. The molecule has 0 aromatic heterocycles. The van der Waals surface area contributed by atoms with Gasteiger partial charge in [0, 0.05) is 23.3 Å². The van der Waals surface area contributed by atoms with E-state index in [1.165, 1.54) is 12.1 Å². The van der Waals surface area contributed by atoms with Crippen molar-refractivity contribution < 1.29 is 33.5 Å². The fourth-order valence-corrected chi connectivity index (χ4v) is 4.21. The highest BCUT2D eigenvalue weighted by Gasteiger charge is 2.48. The molecule has 2 fully saturated rings. The Morgan fingerprint density at radius 3 is 2.55 bits per heavy atom. The Bertz CT molecular complexity index is 859. The van der Waals surface area contributed by atoms with Crippen LogP contribution in [0.2, 0.25) is 0 Å². The van der Waals surface area contributed by atoms with Crippen molar-refractivity contribution in [3.63, 3.8) is 0 Å². The predicted molar refractivity (Wildman–Crippen MR) is 95.3 cm³/mol. The molecular weight excluding hydrogens is 384 g/mol. The average Bonchev–Trinajstić information content (AvgIpc) is 2.97. The van der Waals surface area contributed by atoms with Crippen molar-refractivity contribution in [1.29, 1.82) is 0 Å². The average molecular weight is 404 g/mol. The van der Waals surface area contributed by atoms with E-state index in [0.29, 0.717) is 29.7 Å². The van der Waals surface area contributed by atoms with Crippen molar-refractivity contribution in [2.24, 2.45) is 11.8 Å². The van der Waals surface area contributed by atoms with E-state index in [9.17, 15) is 24.5 Å². The van der Waals surface area contributed by atoms with E-state index >= 15 is 0 Å². The molecule has 10 nitrogen and oxygen atoms in total. The van der Waals surface area contributed by atoms with Crippen LogP contribution in [0.1, 0.15) is 36.8 Å². The first-order valence-corrected chi connectivity index (χ1v) is 9.47. The number of carbonyl (C=O) groups is 3. The Labute approximate surface area is 165 Å². The van der Waals surface area contributed by atoms with Crippen molar-refractivity contribution in [2.45, 2.75) is 38.9 Å². The monoisotopic (exact) mass is 404 g/mol. The molecule has 2 atom stereocenters. The number of non-ortho nitro benzene ring substituents is 1. The molecule has 2 heterocycles. The van der Waals surface area contributed by atoms with E-state index in [1.54, 1.807) is 0 Å². The number of hydrogen-bond donors (Lipinski definition) is 0. The Morgan fingerprint density at radius 2 is 1.90 bits per heavy atom. The molecule has 1 aromatic rings. The Kier molecular flexibility index (Phi) is 5.18. The van der Waals surface area contributed by atoms with Crippen LogP contribution in [0, 0.1) is 22.0 Å². The number of likely N-dealkylation sites (tertiary alicyclic amines) is 1. The third-order valence-corrected chi connectivity index (χ3v) is 5.59. The van der Waals surface area contributed by atoms with E-state index < -0.39 is 17.4 Å². The third kappa shape index (κ3) is 3.67. The van der Waals surface area contributed by atoms with E-state index in [2.05, 4.69) is 0 Å². The number of benzene rings is 1. The summed E-state index contributed by atoms with van der Waals surface area (Å²) in [5, 5.41) is 11.1. The van der Waals surface area contributed by atoms with Crippen LogP contribution in [-0.4, -0.2) is 40.9 Å². The molecule has 3 aliphatic rings. The summed E-state index contributed by atoms with van der Waals surface area (Å²) in [6.07, 6.45) is 3.14. The first kappa shape index (κ1) is 19.3. The SMILES string of the molecule is O=C(CN1C(=O)[C@@H]2CCCC[C@H]2C1=O)OCc1cc([N+](=O)[O-])cc2c1OCOC2. The number of fused-ring (bicyclic) bond motifs is 2. The van der Waals surface area contributed by atoms with Crippen LogP contribution in [0.5, 0.6) is 5.75 Å². The van der Waals surface area contributed by atoms with Crippen LogP contribution in [0.15, 0.2) is 12.1 Å². The summed E-state index contributed by atoms with van der Waals surface area (Å²) in [6.45, 7) is -0.583. The molecule has 2 amide bonds. The predicted octanol–water partition coefficient (Wildman–Crippen LogP) is 1.68. The second-order valence-electron chi connectivity index (χ2n) is 7.38. The number of hydrogen-bond acceptors (Lipinski definition) is 8. The van der Waals surface area contributed by atoms with Gasteiger partial charge in [0.25, 0.3) is 5.69 Å². The number of carbonyl (C=O) groups excluding carboxylic acids is 3. The van der Waals surface area contributed by atoms with Gasteiger partial charge in [-0.15, -0.1) is 0 Å². The maximum Gasteiger partial charge on any atom is 0.326 e. The van der Waals surface area contributed by atoms with Gasteiger partial charge in [0.15, 0.2) is 6.79 Å². The van der Waals surface area contributed by atoms with E-state index in [1.807, 2.05) is 0 Å². The first-order valence-electron chi connectivity index (χ1n) is 9.47. The Hall–Kier alpha value is -3.01. The van der Waals surface area contributed by atoms with Gasteiger partial charge in [0.2, 0.25) is 11.8 Å². The summed E-state index contributed by atoms with van der Waals surface area (Å²) in [7, 11) is 0. The van der Waals surface area contributed by atoms with Crippen LogP contribution in [-0.2, 0) is 37.1 Å². The molecule has 10 heteroatoms. The van der Waals surface area contributed by atoms with Gasteiger partial charge in [-0.25, -0.2) is 0 Å². The van der Waals surface area contributed by atoms with Crippen LogP contribution in [0.3, 0.4) is 0 Å². The van der Waals surface area contributed by atoms with Gasteiger partial charge >= 0.3 is 5.97 Å². The van der Waals surface area contributed by atoms with Gasteiger partial charge in [-0.1, -0.05) is 12.8 Å². The zero-order chi connectivity index (χ0) is 20.5. The molecule has 1 saturated heterocycles. The fraction of sp³-hybridized carbons (Fsp3) is 0.526. The minimum atomic E-state index is -0.752. The summed E-state index contributed by atoms with van der Waals surface area (Å²) >= 11 is 0. The topological polar surface area (TPSA) is 125 Å². The Balaban J connectivity index is 1.44. The Morgan fingerprint density at radius 1 is 1.21 bits per heavy atom. The molecule has 1 aromatic carbocycles. The molecule has 29 heavy (non-hydrogen) atoms. The number of rotatable bonds is 5. The maximum absolute atomic E-state index is 12.5. The van der Waals surface area contributed by atoms with Crippen molar-refractivity contribution >= 4 is 23.5 Å². The van der Waals surface area contributed by atoms with Crippen LogP contribution >= 0.6 is 0 Å². The molecule has 2 aliphatic heterocycles. The summed E-state index contributed by atoms with van der Waals surface area (Å²) in [4.78, 5) is 48.8. The van der Waals surface area contributed by atoms with Crippen LogP contribution in [0.4, 0.5) is 5.69 Å². The van der Waals surface area contributed by atoms with Crippen molar-refractivity contribution in [1.82, 2.24) is 4.90 Å². The lowest BCUT2D eigenvalue weighted by Gasteiger charge is -2.20. The normalized spacial score (nSPS) is 23.2. The standard InChI is InChI=1S/C19H20N2O8/c22-16(7-20-18(23)14-3-1-2-4-15(14)19(20)24)28-9-12-6-13(21(25)26)5-11-8-27-10-29-17(11)12/h5-6,14-15H,1-4,7-10H2/t14-,15-/m1/s1. The highest BCUT2D eigenvalue weighted by atomic mass is 16.7. The molecule has 154 valence electrons. The molecule has 0 N–H and O–H groups in total. The van der Waals surface area contributed by atoms with E-state index in [-0.39, 0.29) is 49.3 Å². The van der Waals surface area contributed by atoms with Crippen LogP contribution in [0.25, 0.3) is 0 Å². The lowest BCUT2D eigenvalue weighted by molar-refractivity contribution is -0.385. The largest absolute Gasteiger partial charge is 0.467 e. The highest BCUT2D eigenvalue weighted by molar-refractivity contribution is 6.07. The lowest BCUT2D eigenvalue weighted by atomic mass is 9.81. The van der Waals surface area contributed by atoms with Gasteiger partial charge in [-0.05, 0) is 12.8 Å². The highest BCUT2D eigenvalue weighted by Crippen LogP contribution is 2.38. The summed E-state index contributed by atoms with van der Waals surface area (Å²) in [6, 6.07) is 2.63. The molecular formula is C19H20N2O8. The molecule has 0 radical (unpaired) electrons. The minimum absolute atomic E-state index is 0.00862. The van der Waals surface area contributed by atoms with Gasteiger partial charge < -0.3 is 14.2 Å². The summed E-state index contributed by atoms with van der Waals surface area (Å²) < 4.78 is 15.7. The van der Waals surface area contributed by atoms with E-state index in [4.69, 9.17) is 14.2 Å². The quantitative estimate of drug-likeness (QED) is 0.314. The molecule has 0 bridgehead atoms. The smallest absolute Gasteiger partial charge is 0.326 e. The summed E-state index contributed by atoms with van der Waals surface area (Å²) in [5.74, 6) is -1.66. The molecule has 0 spiro atoms. The van der Waals surface area contributed by atoms with Crippen LogP contribution < -0.4 is 4.74 Å².